The van der Waals surface area contributed by atoms with Crippen LogP contribution in [0.25, 0.3) is 0 Å². The first-order chi connectivity index (χ1) is 9.08. The third kappa shape index (κ3) is 3.80. The maximum atomic E-state index is 6.15. The highest BCUT2D eigenvalue weighted by Crippen LogP contribution is 2.23. The number of nitrogens with one attached hydrogen (secondary N) is 1. The molecule has 106 valence electrons. The fraction of sp³-hybridized carbons (Fsp3) is 0.714. The minimum atomic E-state index is 0.275. The highest BCUT2D eigenvalue weighted by atomic mass is 35.5. The van der Waals surface area contributed by atoms with Crippen LogP contribution in [0.5, 0.6) is 0 Å². The summed E-state index contributed by atoms with van der Waals surface area (Å²) in [7, 11) is 0. The molecule has 1 atom stereocenters. The molecular formula is C14H22ClN3O. The quantitative estimate of drug-likeness (QED) is 0.840. The van der Waals surface area contributed by atoms with E-state index in [-0.39, 0.29) is 5.92 Å². The van der Waals surface area contributed by atoms with Gasteiger partial charge in [-0.2, -0.15) is 0 Å². The van der Waals surface area contributed by atoms with Gasteiger partial charge in [0.15, 0.2) is 0 Å². The molecule has 2 rings (SSSR count). The van der Waals surface area contributed by atoms with Crippen molar-refractivity contribution in [3.05, 3.63) is 16.5 Å². The van der Waals surface area contributed by atoms with E-state index in [0.29, 0.717) is 11.3 Å². The molecule has 0 saturated carbocycles. The highest BCUT2D eigenvalue weighted by Gasteiger charge is 2.16. The van der Waals surface area contributed by atoms with Gasteiger partial charge in [0.1, 0.15) is 16.8 Å². The standard InChI is InChI=1S/C14H22ClN3O/c1-9(2)13-17-12(15)10(3)14(18-13)16-7-6-11-5-4-8-19-11/h9,11H,4-8H2,1-3H3,(H,16,17,18). The van der Waals surface area contributed by atoms with Gasteiger partial charge in [-0.3, -0.25) is 0 Å². The van der Waals surface area contributed by atoms with Crippen molar-refractivity contribution in [1.82, 2.24) is 9.97 Å². The summed E-state index contributed by atoms with van der Waals surface area (Å²) in [6, 6.07) is 0. The smallest absolute Gasteiger partial charge is 0.137 e. The van der Waals surface area contributed by atoms with Crippen molar-refractivity contribution in [3.63, 3.8) is 0 Å². The molecule has 0 aliphatic carbocycles. The van der Waals surface area contributed by atoms with Crippen molar-refractivity contribution in [2.24, 2.45) is 0 Å². The van der Waals surface area contributed by atoms with Gasteiger partial charge in [0.2, 0.25) is 0 Å². The topological polar surface area (TPSA) is 47.0 Å². The van der Waals surface area contributed by atoms with E-state index in [4.69, 9.17) is 16.3 Å². The van der Waals surface area contributed by atoms with Gasteiger partial charge in [-0.1, -0.05) is 25.4 Å². The van der Waals surface area contributed by atoms with Crippen molar-refractivity contribution in [3.8, 4) is 0 Å². The maximum Gasteiger partial charge on any atom is 0.137 e. The second-order valence-electron chi connectivity index (χ2n) is 5.35. The van der Waals surface area contributed by atoms with Gasteiger partial charge in [0.25, 0.3) is 0 Å². The van der Waals surface area contributed by atoms with E-state index in [9.17, 15) is 0 Å². The molecule has 0 amide bonds. The van der Waals surface area contributed by atoms with Gasteiger partial charge in [0.05, 0.1) is 6.10 Å². The van der Waals surface area contributed by atoms with E-state index < -0.39 is 0 Å². The molecular weight excluding hydrogens is 262 g/mol. The van der Waals surface area contributed by atoms with Crippen LogP contribution in [0.15, 0.2) is 0 Å². The lowest BCUT2D eigenvalue weighted by Crippen LogP contribution is -2.15. The maximum absolute atomic E-state index is 6.15. The minimum Gasteiger partial charge on any atom is -0.378 e. The second kappa shape index (κ2) is 6.53. The number of nitrogens with zero attached hydrogens (tertiary/aromatic N) is 2. The highest BCUT2D eigenvalue weighted by molar-refractivity contribution is 6.30. The molecule has 1 fully saturated rings. The Morgan fingerprint density at radius 2 is 2.21 bits per heavy atom. The van der Waals surface area contributed by atoms with Gasteiger partial charge in [-0.15, -0.1) is 0 Å². The fourth-order valence-corrected chi connectivity index (χ4v) is 2.34. The van der Waals surface area contributed by atoms with Crippen molar-refractivity contribution < 1.29 is 4.74 Å². The normalized spacial score (nSPS) is 19.1. The van der Waals surface area contributed by atoms with E-state index in [1.165, 1.54) is 12.8 Å². The SMILES string of the molecule is Cc1c(Cl)nc(C(C)C)nc1NCCC1CCCO1. The Morgan fingerprint density at radius 1 is 1.42 bits per heavy atom. The van der Waals surface area contributed by atoms with E-state index in [1.807, 2.05) is 6.92 Å². The summed E-state index contributed by atoms with van der Waals surface area (Å²) in [5.41, 5.74) is 0.915. The van der Waals surface area contributed by atoms with Crippen LogP contribution in [0.3, 0.4) is 0 Å². The van der Waals surface area contributed by atoms with E-state index in [2.05, 4.69) is 29.1 Å². The molecule has 0 spiro atoms. The molecule has 0 radical (unpaired) electrons. The van der Waals surface area contributed by atoms with Crippen LogP contribution in [0.2, 0.25) is 5.15 Å². The molecule has 1 aromatic rings. The van der Waals surface area contributed by atoms with Gasteiger partial charge in [-0.25, -0.2) is 9.97 Å². The first-order valence-electron chi connectivity index (χ1n) is 6.97. The molecule has 0 bridgehead atoms. The van der Waals surface area contributed by atoms with E-state index in [0.717, 1.165) is 36.8 Å². The van der Waals surface area contributed by atoms with Crippen molar-refractivity contribution in [1.29, 1.82) is 0 Å². The molecule has 2 heterocycles. The largest absolute Gasteiger partial charge is 0.378 e. The molecule has 4 nitrogen and oxygen atoms in total. The molecule has 0 aromatic carbocycles. The first kappa shape index (κ1) is 14.5. The molecule has 1 unspecified atom stereocenters. The Balaban J connectivity index is 1.98. The zero-order valence-corrected chi connectivity index (χ0v) is 12.6. The van der Waals surface area contributed by atoms with Gasteiger partial charge < -0.3 is 10.1 Å². The lowest BCUT2D eigenvalue weighted by atomic mass is 10.2. The monoisotopic (exact) mass is 283 g/mol. The van der Waals surface area contributed by atoms with Crippen LogP contribution in [0.4, 0.5) is 5.82 Å². The number of rotatable bonds is 5. The van der Waals surface area contributed by atoms with Crippen molar-refractivity contribution >= 4 is 17.4 Å². The zero-order chi connectivity index (χ0) is 13.8. The molecule has 1 aromatic heterocycles. The Bertz CT molecular complexity index is 431. The number of hydrogen-bond acceptors (Lipinski definition) is 4. The summed E-state index contributed by atoms with van der Waals surface area (Å²) in [6.07, 6.45) is 3.76. The number of halogens is 1. The fourth-order valence-electron chi connectivity index (χ4n) is 2.16. The lowest BCUT2D eigenvalue weighted by Gasteiger charge is -2.14. The molecule has 1 N–H and O–H groups in total. The predicted octanol–water partition coefficient (Wildman–Crippen LogP) is 3.54. The summed E-state index contributed by atoms with van der Waals surface area (Å²) in [5, 5.41) is 3.90. The summed E-state index contributed by atoms with van der Waals surface area (Å²) < 4.78 is 5.61. The first-order valence-corrected chi connectivity index (χ1v) is 7.35. The lowest BCUT2D eigenvalue weighted by molar-refractivity contribution is 0.107. The molecule has 19 heavy (non-hydrogen) atoms. The van der Waals surface area contributed by atoms with E-state index >= 15 is 0 Å². The second-order valence-corrected chi connectivity index (χ2v) is 5.71. The third-order valence-electron chi connectivity index (χ3n) is 3.40. The summed E-state index contributed by atoms with van der Waals surface area (Å²) >= 11 is 6.15. The molecule has 5 heteroatoms. The Hall–Kier alpha value is -0.870. The van der Waals surface area contributed by atoms with Gasteiger partial charge in [-0.05, 0) is 26.2 Å². The van der Waals surface area contributed by atoms with Crippen LogP contribution in [-0.4, -0.2) is 29.2 Å². The minimum absolute atomic E-state index is 0.275. The van der Waals surface area contributed by atoms with Crippen LogP contribution in [-0.2, 0) is 4.74 Å². The van der Waals surface area contributed by atoms with Crippen molar-refractivity contribution in [2.45, 2.75) is 52.1 Å². The Morgan fingerprint density at radius 3 is 2.84 bits per heavy atom. The van der Waals surface area contributed by atoms with E-state index in [1.54, 1.807) is 0 Å². The number of anilines is 1. The van der Waals surface area contributed by atoms with Crippen LogP contribution >= 0.6 is 11.6 Å². The summed E-state index contributed by atoms with van der Waals surface area (Å²) in [6.45, 7) is 7.84. The van der Waals surface area contributed by atoms with Gasteiger partial charge in [0, 0.05) is 24.6 Å². The third-order valence-corrected chi connectivity index (χ3v) is 3.77. The average Bonchev–Trinajstić information content (AvgIpc) is 2.87. The number of hydrogen-bond donors (Lipinski definition) is 1. The van der Waals surface area contributed by atoms with Crippen LogP contribution < -0.4 is 5.32 Å². The summed E-state index contributed by atoms with van der Waals surface area (Å²) in [5.74, 6) is 1.91. The molecule has 1 aliphatic rings. The Labute approximate surface area is 119 Å². The van der Waals surface area contributed by atoms with Crippen LogP contribution in [0.1, 0.15) is 50.4 Å². The number of aromatic nitrogens is 2. The van der Waals surface area contributed by atoms with Crippen LogP contribution in [0, 0.1) is 6.92 Å². The molecule has 1 aliphatic heterocycles. The average molecular weight is 284 g/mol. The Kier molecular flexibility index (Phi) is 4.99. The predicted molar refractivity (Wildman–Crippen MR) is 77.9 cm³/mol. The van der Waals surface area contributed by atoms with Crippen molar-refractivity contribution in [2.75, 3.05) is 18.5 Å². The molecule has 1 saturated heterocycles. The zero-order valence-electron chi connectivity index (χ0n) is 11.9. The number of ether oxygens (including phenoxy) is 1. The van der Waals surface area contributed by atoms with Gasteiger partial charge >= 0.3 is 0 Å². The summed E-state index contributed by atoms with van der Waals surface area (Å²) in [4.78, 5) is 8.86.